The molecule has 140 valence electrons. The largest absolute Gasteiger partial charge is 0.350 e. The van der Waals surface area contributed by atoms with E-state index in [-0.39, 0.29) is 11.5 Å². The normalized spacial score (nSPS) is 10.9. The van der Waals surface area contributed by atoms with Gasteiger partial charge in [-0.05, 0) is 23.3 Å². The molecular formula is C23H21N3O2. The Hall–Kier alpha value is -3.60. The second-order valence-corrected chi connectivity index (χ2v) is 6.84. The average molecular weight is 371 g/mol. The quantitative estimate of drug-likeness (QED) is 0.585. The lowest BCUT2D eigenvalue weighted by Crippen LogP contribution is -2.22. The molecular weight excluding hydrogens is 350 g/mol. The van der Waals surface area contributed by atoms with Crippen molar-refractivity contribution < 1.29 is 4.79 Å². The third-order valence-corrected chi connectivity index (χ3v) is 4.87. The Morgan fingerprint density at radius 3 is 2.43 bits per heavy atom. The highest BCUT2D eigenvalue weighted by Crippen LogP contribution is 2.20. The third kappa shape index (κ3) is 3.60. The van der Waals surface area contributed by atoms with Crippen LogP contribution < -0.4 is 10.9 Å². The van der Waals surface area contributed by atoms with Crippen molar-refractivity contribution in [1.29, 1.82) is 0 Å². The minimum Gasteiger partial charge on any atom is -0.350 e. The van der Waals surface area contributed by atoms with E-state index in [1.165, 1.54) is 0 Å². The summed E-state index contributed by atoms with van der Waals surface area (Å²) in [6.07, 6.45) is 3.64. The van der Waals surface area contributed by atoms with Gasteiger partial charge in [0, 0.05) is 43.0 Å². The molecule has 0 aliphatic heterocycles. The monoisotopic (exact) mass is 371 g/mol. The molecule has 2 aromatic carbocycles. The second-order valence-electron chi connectivity index (χ2n) is 6.84. The van der Waals surface area contributed by atoms with E-state index < -0.39 is 0 Å². The Morgan fingerprint density at radius 1 is 0.929 bits per heavy atom. The molecule has 0 bridgehead atoms. The number of benzene rings is 2. The van der Waals surface area contributed by atoms with Gasteiger partial charge < -0.3 is 14.5 Å². The molecule has 5 nitrogen and oxygen atoms in total. The SMILES string of the molecule is Cn1cc(C(=O)NCc2ccc(Cn3ccccc3=O)cc2)c2ccccc21. The van der Waals surface area contributed by atoms with Crippen LogP contribution in [0.2, 0.25) is 0 Å². The summed E-state index contributed by atoms with van der Waals surface area (Å²) in [7, 11) is 1.94. The molecule has 4 rings (SSSR count). The van der Waals surface area contributed by atoms with E-state index in [4.69, 9.17) is 0 Å². The van der Waals surface area contributed by atoms with E-state index in [9.17, 15) is 9.59 Å². The van der Waals surface area contributed by atoms with Gasteiger partial charge in [-0.15, -0.1) is 0 Å². The fourth-order valence-electron chi connectivity index (χ4n) is 3.35. The van der Waals surface area contributed by atoms with Crippen molar-refractivity contribution in [1.82, 2.24) is 14.5 Å². The van der Waals surface area contributed by atoms with Crippen molar-refractivity contribution >= 4 is 16.8 Å². The van der Waals surface area contributed by atoms with E-state index in [2.05, 4.69) is 5.32 Å². The van der Waals surface area contributed by atoms with Crippen molar-refractivity contribution in [2.75, 3.05) is 0 Å². The Balaban J connectivity index is 1.43. The second kappa shape index (κ2) is 7.56. The molecule has 0 saturated heterocycles. The first-order valence-corrected chi connectivity index (χ1v) is 9.17. The van der Waals surface area contributed by atoms with Crippen molar-refractivity contribution in [2.24, 2.45) is 7.05 Å². The maximum atomic E-state index is 12.6. The number of carbonyl (C=O) groups is 1. The lowest BCUT2D eigenvalue weighted by atomic mass is 10.1. The van der Waals surface area contributed by atoms with Crippen LogP contribution in [-0.2, 0) is 20.1 Å². The van der Waals surface area contributed by atoms with Crippen LogP contribution in [0.1, 0.15) is 21.5 Å². The lowest BCUT2D eigenvalue weighted by Gasteiger charge is -2.08. The number of hydrogen-bond donors (Lipinski definition) is 1. The van der Waals surface area contributed by atoms with Crippen molar-refractivity contribution in [3.63, 3.8) is 0 Å². The number of aromatic nitrogens is 2. The molecule has 4 aromatic rings. The van der Waals surface area contributed by atoms with Crippen LogP contribution in [0.3, 0.4) is 0 Å². The number of pyridine rings is 1. The molecule has 0 aliphatic rings. The van der Waals surface area contributed by atoms with Crippen molar-refractivity contribution in [2.45, 2.75) is 13.1 Å². The summed E-state index contributed by atoms with van der Waals surface area (Å²) in [6, 6.07) is 20.9. The summed E-state index contributed by atoms with van der Waals surface area (Å²) in [5, 5.41) is 3.94. The molecule has 0 aliphatic carbocycles. The average Bonchev–Trinajstić information content (AvgIpc) is 3.06. The first-order valence-electron chi connectivity index (χ1n) is 9.17. The maximum Gasteiger partial charge on any atom is 0.253 e. The predicted octanol–water partition coefficient (Wildman–Crippen LogP) is 3.32. The molecule has 0 fully saturated rings. The Bertz CT molecular complexity index is 1190. The molecule has 2 aromatic heterocycles. The fourth-order valence-corrected chi connectivity index (χ4v) is 3.35. The van der Waals surface area contributed by atoms with E-state index in [0.717, 1.165) is 22.0 Å². The van der Waals surface area contributed by atoms with Gasteiger partial charge in [0.1, 0.15) is 0 Å². The van der Waals surface area contributed by atoms with E-state index in [0.29, 0.717) is 18.7 Å². The molecule has 0 atom stereocenters. The summed E-state index contributed by atoms with van der Waals surface area (Å²) >= 11 is 0. The van der Waals surface area contributed by atoms with E-state index in [1.54, 1.807) is 22.9 Å². The van der Waals surface area contributed by atoms with Crippen LogP contribution in [0.25, 0.3) is 10.9 Å². The standard InChI is InChI=1S/C23H21N3O2/c1-25-16-20(19-6-2-3-7-21(19)25)23(28)24-14-17-9-11-18(12-10-17)15-26-13-5-4-8-22(26)27/h2-13,16H,14-15H2,1H3,(H,24,28). The summed E-state index contributed by atoms with van der Waals surface area (Å²) < 4.78 is 3.63. The van der Waals surface area contributed by atoms with Gasteiger partial charge in [0.2, 0.25) is 0 Å². The number of hydrogen-bond acceptors (Lipinski definition) is 2. The summed E-state index contributed by atoms with van der Waals surface area (Å²) in [5.41, 5.74) is 3.75. The predicted molar refractivity (Wildman–Crippen MR) is 110 cm³/mol. The van der Waals surface area contributed by atoms with Crippen LogP contribution >= 0.6 is 0 Å². The maximum absolute atomic E-state index is 12.6. The fraction of sp³-hybridized carbons (Fsp3) is 0.130. The van der Waals surface area contributed by atoms with Gasteiger partial charge in [-0.25, -0.2) is 0 Å². The highest BCUT2D eigenvalue weighted by atomic mass is 16.1. The molecule has 0 radical (unpaired) electrons. The molecule has 2 heterocycles. The number of fused-ring (bicyclic) bond motifs is 1. The zero-order chi connectivity index (χ0) is 19.5. The number of nitrogens with zero attached hydrogens (tertiary/aromatic N) is 2. The van der Waals surface area contributed by atoms with Crippen LogP contribution in [0.5, 0.6) is 0 Å². The highest BCUT2D eigenvalue weighted by Gasteiger charge is 2.13. The third-order valence-electron chi connectivity index (χ3n) is 4.87. The van der Waals surface area contributed by atoms with E-state index >= 15 is 0 Å². The van der Waals surface area contributed by atoms with Gasteiger partial charge in [-0.1, -0.05) is 48.5 Å². The number of nitrogens with one attached hydrogen (secondary N) is 1. The zero-order valence-electron chi connectivity index (χ0n) is 15.6. The first kappa shape index (κ1) is 17.8. The molecule has 0 unspecified atom stereocenters. The van der Waals surface area contributed by atoms with Gasteiger partial charge in [-0.2, -0.15) is 0 Å². The topological polar surface area (TPSA) is 56.0 Å². The Kier molecular flexibility index (Phi) is 4.81. The number of amides is 1. The van der Waals surface area contributed by atoms with Crippen LogP contribution in [-0.4, -0.2) is 15.0 Å². The summed E-state index contributed by atoms with van der Waals surface area (Å²) in [4.78, 5) is 24.4. The minimum absolute atomic E-state index is 0.0195. The van der Waals surface area contributed by atoms with Crippen LogP contribution in [0.15, 0.2) is 83.9 Å². The highest BCUT2D eigenvalue weighted by molar-refractivity contribution is 6.06. The lowest BCUT2D eigenvalue weighted by molar-refractivity contribution is 0.0952. The zero-order valence-corrected chi connectivity index (χ0v) is 15.6. The van der Waals surface area contributed by atoms with Gasteiger partial charge in [0.05, 0.1) is 12.1 Å². The van der Waals surface area contributed by atoms with Gasteiger partial charge in [-0.3, -0.25) is 9.59 Å². The minimum atomic E-state index is -0.0864. The molecule has 0 saturated carbocycles. The number of rotatable bonds is 5. The Morgan fingerprint density at radius 2 is 1.64 bits per heavy atom. The summed E-state index contributed by atoms with van der Waals surface area (Å²) in [5.74, 6) is -0.0864. The molecule has 5 heteroatoms. The van der Waals surface area contributed by atoms with Crippen molar-refractivity contribution in [3.05, 3.63) is 106 Å². The van der Waals surface area contributed by atoms with Crippen molar-refractivity contribution in [3.8, 4) is 0 Å². The molecule has 1 amide bonds. The summed E-state index contributed by atoms with van der Waals surface area (Å²) in [6.45, 7) is 0.982. The first-order chi connectivity index (χ1) is 13.6. The number of para-hydroxylation sites is 1. The van der Waals surface area contributed by atoms with Crippen LogP contribution in [0, 0.1) is 0 Å². The molecule has 28 heavy (non-hydrogen) atoms. The molecule has 1 N–H and O–H groups in total. The van der Waals surface area contributed by atoms with Gasteiger partial charge >= 0.3 is 0 Å². The van der Waals surface area contributed by atoms with Gasteiger partial charge in [0.15, 0.2) is 0 Å². The number of carbonyl (C=O) groups excluding carboxylic acids is 1. The Labute approximate surface area is 162 Å². The van der Waals surface area contributed by atoms with Gasteiger partial charge in [0.25, 0.3) is 11.5 Å². The number of aryl methyl sites for hydroxylation is 1. The van der Waals surface area contributed by atoms with E-state index in [1.807, 2.05) is 72.4 Å². The molecule has 0 spiro atoms. The van der Waals surface area contributed by atoms with Crippen LogP contribution in [0.4, 0.5) is 0 Å². The smallest absolute Gasteiger partial charge is 0.253 e.